The highest BCUT2D eigenvalue weighted by molar-refractivity contribution is 4.49. The fourth-order valence-corrected chi connectivity index (χ4v) is 1.93. The Morgan fingerprint density at radius 1 is 0.824 bits per heavy atom. The summed E-state index contributed by atoms with van der Waals surface area (Å²) in [6, 6.07) is 0. The van der Waals surface area contributed by atoms with Gasteiger partial charge >= 0.3 is 0 Å². The van der Waals surface area contributed by atoms with Gasteiger partial charge in [0.25, 0.3) is 0 Å². The number of hydrogen-bond acceptors (Lipinski definition) is 2. The zero-order chi connectivity index (χ0) is 12.8. The SMILES string of the molecule is CCCCCCCCCCCCOC(C)CO. The molecule has 0 aromatic rings. The third-order valence-corrected chi connectivity index (χ3v) is 3.16. The van der Waals surface area contributed by atoms with Crippen LogP contribution in [-0.2, 0) is 4.74 Å². The summed E-state index contributed by atoms with van der Waals surface area (Å²) in [7, 11) is 0. The van der Waals surface area contributed by atoms with Crippen LogP contribution in [0.25, 0.3) is 0 Å². The van der Waals surface area contributed by atoms with Crippen LogP contribution in [0.3, 0.4) is 0 Å². The van der Waals surface area contributed by atoms with Gasteiger partial charge in [-0.3, -0.25) is 0 Å². The van der Waals surface area contributed by atoms with Crippen molar-refractivity contribution in [3.05, 3.63) is 0 Å². The van der Waals surface area contributed by atoms with E-state index in [-0.39, 0.29) is 12.7 Å². The quantitative estimate of drug-likeness (QED) is 0.489. The van der Waals surface area contributed by atoms with Crippen LogP contribution in [0.5, 0.6) is 0 Å². The summed E-state index contributed by atoms with van der Waals surface area (Å²) in [6.07, 6.45) is 13.5. The number of aliphatic hydroxyl groups excluding tert-OH is 1. The van der Waals surface area contributed by atoms with Gasteiger partial charge in [-0.1, -0.05) is 64.7 Å². The average Bonchev–Trinajstić information content (AvgIpc) is 2.35. The van der Waals surface area contributed by atoms with Crippen molar-refractivity contribution in [3.63, 3.8) is 0 Å². The molecule has 2 heteroatoms. The molecule has 0 amide bonds. The number of hydrogen-bond donors (Lipinski definition) is 1. The first-order chi connectivity index (χ1) is 8.31. The summed E-state index contributed by atoms with van der Waals surface area (Å²) in [4.78, 5) is 0. The van der Waals surface area contributed by atoms with Gasteiger partial charge in [-0.25, -0.2) is 0 Å². The van der Waals surface area contributed by atoms with Crippen LogP contribution in [-0.4, -0.2) is 24.4 Å². The van der Waals surface area contributed by atoms with E-state index in [1.165, 1.54) is 57.8 Å². The van der Waals surface area contributed by atoms with E-state index in [0.717, 1.165) is 13.0 Å². The molecule has 0 aromatic heterocycles. The third kappa shape index (κ3) is 13.9. The first-order valence-corrected chi connectivity index (χ1v) is 7.53. The minimum absolute atomic E-state index is 0.00793. The van der Waals surface area contributed by atoms with Gasteiger partial charge in [-0.15, -0.1) is 0 Å². The minimum atomic E-state index is 0.00793. The Hall–Kier alpha value is -0.0800. The lowest BCUT2D eigenvalue weighted by Crippen LogP contribution is -2.13. The minimum Gasteiger partial charge on any atom is -0.394 e. The Balaban J connectivity index is 2.94. The molecule has 0 aliphatic rings. The topological polar surface area (TPSA) is 29.5 Å². The Morgan fingerprint density at radius 3 is 1.76 bits per heavy atom. The molecule has 0 spiro atoms. The molecule has 0 saturated heterocycles. The lowest BCUT2D eigenvalue weighted by atomic mass is 10.1. The molecule has 0 heterocycles. The molecule has 1 N–H and O–H groups in total. The van der Waals surface area contributed by atoms with Gasteiger partial charge in [-0.05, 0) is 13.3 Å². The normalized spacial score (nSPS) is 12.9. The lowest BCUT2D eigenvalue weighted by molar-refractivity contribution is 0.0231. The molecule has 0 aromatic carbocycles. The third-order valence-electron chi connectivity index (χ3n) is 3.16. The maximum absolute atomic E-state index is 8.77. The van der Waals surface area contributed by atoms with Gasteiger partial charge in [0.2, 0.25) is 0 Å². The molecule has 17 heavy (non-hydrogen) atoms. The zero-order valence-corrected chi connectivity index (χ0v) is 11.9. The average molecular weight is 244 g/mol. The first kappa shape index (κ1) is 16.9. The van der Waals surface area contributed by atoms with E-state index in [1.807, 2.05) is 6.92 Å². The number of rotatable bonds is 13. The van der Waals surface area contributed by atoms with Gasteiger partial charge in [-0.2, -0.15) is 0 Å². The molecule has 0 bridgehead atoms. The van der Waals surface area contributed by atoms with Crippen molar-refractivity contribution in [2.75, 3.05) is 13.2 Å². The monoisotopic (exact) mass is 244 g/mol. The molecule has 2 nitrogen and oxygen atoms in total. The van der Waals surface area contributed by atoms with Gasteiger partial charge in [0.1, 0.15) is 0 Å². The predicted octanol–water partition coefficient (Wildman–Crippen LogP) is 4.30. The van der Waals surface area contributed by atoms with Crippen LogP contribution in [0.2, 0.25) is 0 Å². The maximum Gasteiger partial charge on any atom is 0.0777 e. The molecular formula is C15H32O2. The summed E-state index contributed by atoms with van der Waals surface area (Å²) < 4.78 is 5.41. The highest BCUT2D eigenvalue weighted by atomic mass is 16.5. The molecule has 1 atom stereocenters. The second kappa shape index (κ2) is 14.0. The highest BCUT2D eigenvalue weighted by Gasteiger charge is 1.98. The van der Waals surface area contributed by atoms with Crippen LogP contribution < -0.4 is 0 Å². The Bertz CT molecular complexity index is 137. The Morgan fingerprint density at radius 2 is 1.29 bits per heavy atom. The fraction of sp³-hybridized carbons (Fsp3) is 1.00. The zero-order valence-electron chi connectivity index (χ0n) is 11.9. The second-order valence-electron chi connectivity index (χ2n) is 5.05. The number of aliphatic hydroxyl groups is 1. The van der Waals surface area contributed by atoms with Crippen molar-refractivity contribution < 1.29 is 9.84 Å². The largest absolute Gasteiger partial charge is 0.394 e. The van der Waals surface area contributed by atoms with Crippen molar-refractivity contribution >= 4 is 0 Å². The summed E-state index contributed by atoms with van der Waals surface area (Å²) >= 11 is 0. The van der Waals surface area contributed by atoms with E-state index >= 15 is 0 Å². The van der Waals surface area contributed by atoms with E-state index in [9.17, 15) is 0 Å². The van der Waals surface area contributed by atoms with E-state index in [2.05, 4.69) is 6.92 Å². The molecule has 104 valence electrons. The predicted molar refractivity (Wildman–Crippen MR) is 74.3 cm³/mol. The Labute approximate surface area is 108 Å². The summed E-state index contributed by atoms with van der Waals surface area (Å²) in [5.74, 6) is 0. The maximum atomic E-state index is 8.77. The van der Waals surface area contributed by atoms with Crippen molar-refractivity contribution in [3.8, 4) is 0 Å². The van der Waals surface area contributed by atoms with E-state index < -0.39 is 0 Å². The van der Waals surface area contributed by atoms with Crippen molar-refractivity contribution in [2.45, 2.75) is 84.2 Å². The molecule has 0 rings (SSSR count). The molecule has 1 unspecified atom stereocenters. The summed E-state index contributed by atoms with van der Waals surface area (Å²) in [5, 5.41) is 8.77. The molecule has 0 aliphatic heterocycles. The van der Waals surface area contributed by atoms with E-state index in [0.29, 0.717) is 0 Å². The first-order valence-electron chi connectivity index (χ1n) is 7.53. The van der Waals surface area contributed by atoms with Crippen molar-refractivity contribution in [1.82, 2.24) is 0 Å². The van der Waals surface area contributed by atoms with E-state index in [4.69, 9.17) is 9.84 Å². The van der Waals surface area contributed by atoms with Crippen LogP contribution >= 0.6 is 0 Å². The standard InChI is InChI=1S/C15H32O2/c1-3-4-5-6-7-8-9-10-11-12-13-17-15(2)14-16/h15-16H,3-14H2,1-2H3. The van der Waals surface area contributed by atoms with Gasteiger partial charge < -0.3 is 9.84 Å². The molecule has 0 saturated carbocycles. The van der Waals surface area contributed by atoms with E-state index in [1.54, 1.807) is 0 Å². The summed E-state index contributed by atoms with van der Waals surface area (Å²) in [6.45, 7) is 5.12. The smallest absolute Gasteiger partial charge is 0.0777 e. The van der Waals surface area contributed by atoms with Gasteiger partial charge in [0, 0.05) is 6.61 Å². The van der Waals surface area contributed by atoms with Gasteiger partial charge in [0.05, 0.1) is 12.7 Å². The van der Waals surface area contributed by atoms with Crippen LogP contribution in [0, 0.1) is 0 Å². The highest BCUT2D eigenvalue weighted by Crippen LogP contribution is 2.10. The molecule has 0 radical (unpaired) electrons. The van der Waals surface area contributed by atoms with Crippen molar-refractivity contribution in [2.24, 2.45) is 0 Å². The number of unbranched alkanes of at least 4 members (excludes halogenated alkanes) is 9. The van der Waals surface area contributed by atoms with Crippen LogP contribution in [0.15, 0.2) is 0 Å². The van der Waals surface area contributed by atoms with Crippen LogP contribution in [0.4, 0.5) is 0 Å². The van der Waals surface area contributed by atoms with Gasteiger partial charge in [0.15, 0.2) is 0 Å². The number of ether oxygens (including phenoxy) is 1. The molecular weight excluding hydrogens is 212 g/mol. The Kier molecular flexibility index (Phi) is 13.9. The van der Waals surface area contributed by atoms with Crippen molar-refractivity contribution in [1.29, 1.82) is 0 Å². The second-order valence-corrected chi connectivity index (χ2v) is 5.05. The van der Waals surface area contributed by atoms with Crippen LogP contribution in [0.1, 0.15) is 78.1 Å². The lowest BCUT2D eigenvalue weighted by Gasteiger charge is -2.09. The summed E-state index contributed by atoms with van der Waals surface area (Å²) in [5.41, 5.74) is 0. The fourth-order valence-electron chi connectivity index (χ4n) is 1.93. The molecule has 0 fully saturated rings. The molecule has 0 aliphatic carbocycles.